The number of ether oxygens (including phenoxy) is 1. The van der Waals surface area contributed by atoms with Crippen LogP contribution in [0, 0.1) is 5.82 Å². The van der Waals surface area contributed by atoms with Crippen molar-refractivity contribution in [2.75, 3.05) is 18.0 Å². The van der Waals surface area contributed by atoms with Gasteiger partial charge in [0.25, 0.3) is 5.91 Å². The van der Waals surface area contributed by atoms with Gasteiger partial charge in [0, 0.05) is 18.5 Å². The summed E-state index contributed by atoms with van der Waals surface area (Å²) in [5.41, 5.74) is 0.866. The topological polar surface area (TPSA) is 105 Å². The highest BCUT2D eigenvalue weighted by Crippen LogP contribution is 2.27. The van der Waals surface area contributed by atoms with E-state index >= 15 is 0 Å². The lowest BCUT2D eigenvalue weighted by molar-refractivity contribution is 0.0696. The van der Waals surface area contributed by atoms with Crippen LogP contribution in [0.5, 0.6) is 5.75 Å². The minimum absolute atomic E-state index is 0.0641. The third-order valence-corrected chi connectivity index (χ3v) is 5.03. The summed E-state index contributed by atoms with van der Waals surface area (Å²) in [6.45, 7) is 1.06. The van der Waals surface area contributed by atoms with Crippen molar-refractivity contribution in [3.05, 3.63) is 82.5 Å². The molecule has 1 fully saturated rings. The number of hydrogen-bond donors (Lipinski definition) is 2. The molecule has 0 unspecified atom stereocenters. The molecule has 0 bridgehead atoms. The summed E-state index contributed by atoms with van der Waals surface area (Å²) in [6, 6.07) is 10.4. The van der Waals surface area contributed by atoms with Gasteiger partial charge in [0.05, 0.1) is 41.5 Å². The zero-order chi connectivity index (χ0) is 22.7. The average Bonchev–Trinajstić information content (AvgIpc) is 2.75. The number of carbonyl (C=O) groups excluding carboxylic acids is 1. The van der Waals surface area contributed by atoms with Crippen LogP contribution in [0.3, 0.4) is 0 Å². The van der Waals surface area contributed by atoms with Gasteiger partial charge in [0.1, 0.15) is 23.5 Å². The van der Waals surface area contributed by atoms with Crippen LogP contribution in [0.2, 0.25) is 5.02 Å². The number of carboxylic acids is 1. The van der Waals surface area contributed by atoms with Crippen molar-refractivity contribution >= 4 is 29.3 Å². The van der Waals surface area contributed by atoms with Gasteiger partial charge in [0.15, 0.2) is 0 Å². The fraction of sp³-hybridized carbons (Fsp3) is 0.182. The summed E-state index contributed by atoms with van der Waals surface area (Å²) in [4.78, 5) is 33.9. The quantitative estimate of drug-likeness (QED) is 0.562. The predicted octanol–water partition coefficient (Wildman–Crippen LogP) is 3.16. The van der Waals surface area contributed by atoms with E-state index in [-0.39, 0.29) is 24.0 Å². The number of carbonyl (C=O) groups is 2. The number of pyridine rings is 2. The number of rotatable bonds is 7. The summed E-state index contributed by atoms with van der Waals surface area (Å²) in [5, 5.41) is 12.0. The van der Waals surface area contributed by atoms with E-state index < -0.39 is 11.9 Å². The van der Waals surface area contributed by atoms with Gasteiger partial charge in [-0.2, -0.15) is 0 Å². The molecule has 0 saturated carbocycles. The SMILES string of the molecule is O=C(O)c1ccc(CNC(=O)c2cc(Cl)cnc2N2CC(Oc3cccc(F)c3)C2)nc1. The van der Waals surface area contributed by atoms with Crippen LogP contribution in [0.1, 0.15) is 26.4 Å². The maximum Gasteiger partial charge on any atom is 0.337 e. The summed E-state index contributed by atoms with van der Waals surface area (Å²) < 4.78 is 19.1. The fourth-order valence-electron chi connectivity index (χ4n) is 3.19. The third kappa shape index (κ3) is 4.94. The van der Waals surface area contributed by atoms with Gasteiger partial charge in [0.2, 0.25) is 0 Å². The molecule has 1 saturated heterocycles. The van der Waals surface area contributed by atoms with E-state index in [2.05, 4.69) is 15.3 Å². The first-order chi connectivity index (χ1) is 15.4. The van der Waals surface area contributed by atoms with E-state index in [1.54, 1.807) is 12.1 Å². The molecule has 164 valence electrons. The molecule has 1 amide bonds. The van der Waals surface area contributed by atoms with Crippen molar-refractivity contribution in [3.63, 3.8) is 0 Å². The van der Waals surface area contributed by atoms with Crippen LogP contribution in [0.15, 0.2) is 54.9 Å². The maximum absolute atomic E-state index is 13.3. The minimum Gasteiger partial charge on any atom is -0.487 e. The van der Waals surface area contributed by atoms with E-state index in [1.807, 2.05) is 4.90 Å². The molecule has 0 atom stereocenters. The van der Waals surface area contributed by atoms with E-state index in [1.165, 1.54) is 42.7 Å². The van der Waals surface area contributed by atoms with Crippen molar-refractivity contribution < 1.29 is 23.8 Å². The maximum atomic E-state index is 13.3. The zero-order valence-corrected chi connectivity index (χ0v) is 17.4. The smallest absolute Gasteiger partial charge is 0.337 e. The Morgan fingerprint density at radius 1 is 1.19 bits per heavy atom. The number of aromatic nitrogens is 2. The number of amides is 1. The third-order valence-electron chi connectivity index (χ3n) is 4.83. The highest BCUT2D eigenvalue weighted by atomic mass is 35.5. The Hall–Kier alpha value is -3.72. The fourth-order valence-corrected chi connectivity index (χ4v) is 3.35. The summed E-state index contributed by atoms with van der Waals surface area (Å²) in [6.07, 6.45) is 2.53. The highest BCUT2D eigenvalue weighted by Gasteiger charge is 2.32. The van der Waals surface area contributed by atoms with Gasteiger partial charge in [-0.25, -0.2) is 14.2 Å². The number of carboxylic acid groups (broad SMARTS) is 1. The largest absolute Gasteiger partial charge is 0.487 e. The summed E-state index contributed by atoms with van der Waals surface area (Å²) in [7, 11) is 0. The molecule has 2 aromatic heterocycles. The molecule has 4 rings (SSSR count). The van der Waals surface area contributed by atoms with E-state index in [0.29, 0.717) is 40.9 Å². The molecule has 0 radical (unpaired) electrons. The lowest BCUT2D eigenvalue weighted by Gasteiger charge is -2.40. The van der Waals surface area contributed by atoms with Crippen LogP contribution < -0.4 is 15.0 Å². The molecule has 1 aliphatic heterocycles. The minimum atomic E-state index is -1.07. The van der Waals surface area contributed by atoms with E-state index in [9.17, 15) is 14.0 Å². The second kappa shape index (κ2) is 9.19. The molecular formula is C22H18ClFN4O4. The standard InChI is InChI=1S/C22H18ClFN4O4/c23-14-6-19(21(29)27-10-16-5-4-13(8-25-16)22(30)31)20(26-9-14)28-11-18(12-28)32-17-3-1-2-15(24)7-17/h1-9,18H,10-12H2,(H,27,29)(H,30,31). The number of anilines is 1. The summed E-state index contributed by atoms with van der Waals surface area (Å²) >= 11 is 6.05. The highest BCUT2D eigenvalue weighted by molar-refractivity contribution is 6.31. The zero-order valence-electron chi connectivity index (χ0n) is 16.7. The molecule has 1 aromatic carbocycles. The molecule has 1 aliphatic rings. The normalized spacial score (nSPS) is 13.4. The number of nitrogens with zero attached hydrogens (tertiary/aromatic N) is 3. The van der Waals surface area contributed by atoms with Gasteiger partial charge in [-0.15, -0.1) is 0 Å². The second-order valence-corrected chi connectivity index (χ2v) is 7.59. The Labute approximate surface area is 187 Å². The van der Waals surface area contributed by atoms with Gasteiger partial charge < -0.3 is 20.1 Å². The molecule has 3 heterocycles. The van der Waals surface area contributed by atoms with Gasteiger partial charge >= 0.3 is 5.97 Å². The molecule has 8 nitrogen and oxygen atoms in total. The molecule has 0 spiro atoms. The van der Waals surface area contributed by atoms with E-state index in [4.69, 9.17) is 21.4 Å². The van der Waals surface area contributed by atoms with Crippen LogP contribution in [0.4, 0.5) is 10.2 Å². The Morgan fingerprint density at radius 3 is 2.69 bits per heavy atom. The van der Waals surface area contributed by atoms with Crippen molar-refractivity contribution in [1.82, 2.24) is 15.3 Å². The summed E-state index contributed by atoms with van der Waals surface area (Å²) in [5.74, 6) is -0.937. The Bertz CT molecular complexity index is 1150. The molecular weight excluding hydrogens is 439 g/mol. The predicted molar refractivity (Wildman–Crippen MR) is 115 cm³/mol. The number of benzene rings is 1. The molecule has 10 heteroatoms. The number of aromatic carboxylic acids is 1. The monoisotopic (exact) mass is 456 g/mol. The molecule has 2 N–H and O–H groups in total. The second-order valence-electron chi connectivity index (χ2n) is 7.15. The number of nitrogens with one attached hydrogen (secondary N) is 1. The number of hydrogen-bond acceptors (Lipinski definition) is 6. The van der Waals surface area contributed by atoms with Crippen molar-refractivity contribution in [2.45, 2.75) is 12.6 Å². The first-order valence-electron chi connectivity index (χ1n) is 9.68. The molecule has 3 aromatic rings. The molecule has 0 aliphatic carbocycles. The Morgan fingerprint density at radius 2 is 2.00 bits per heavy atom. The van der Waals surface area contributed by atoms with E-state index in [0.717, 1.165) is 0 Å². The van der Waals surface area contributed by atoms with Crippen LogP contribution >= 0.6 is 11.6 Å². The Kier molecular flexibility index (Phi) is 6.18. The Balaban J connectivity index is 1.39. The number of halogens is 2. The van der Waals surface area contributed by atoms with Crippen LogP contribution in [0.25, 0.3) is 0 Å². The average molecular weight is 457 g/mol. The first kappa shape index (κ1) is 21.5. The van der Waals surface area contributed by atoms with Gasteiger partial charge in [-0.05, 0) is 30.3 Å². The van der Waals surface area contributed by atoms with Gasteiger partial charge in [-0.1, -0.05) is 17.7 Å². The lowest BCUT2D eigenvalue weighted by atomic mass is 10.1. The lowest BCUT2D eigenvalue weighted by Crippen LogP contribution is -2.54. The van der Waals surface area contributed by atoms with Crippen LogP contribution in [-0.2, 0) is 6.54 Å². The first-order valence-corrected chi connectivity index (χ1v) is 10.1. The van der Waals surface area contributed by atoms with Crippen molar-refractivity contribution in [1.29, 1.82) is 0 Å². The van der Waals surface area contributed by atoms with Gasteiger partial charge in [-0.3, -0.25) is 9.78 Å². The van der Waals surface area contributed by atoms with Crippen molar-refractivity contribution in [2.24, 2.45) is 0 Å². The van der Waals surface area contributed by atoms with Crippen LogP contribution in [-0.4, -0.2) is 46.1 Å². The molecule has 32 heavy (non-hydrogen) atoms. The van der Waals surface area contributed by atoms with Crippen molar-refractivity contribution in [3.8, 4) is 5.75 Å².